The fraction of sp³-hybridized carbons (Fsp3) is 0.885. The highest BCUT2D eigenvalue weighted by molar-refractivity contribution is 5.76. The van der Waals surface area contributed by atoms with Crippen molar-refractivity contribution in [2.45, 2.75) is 421 Å². The highest BCUT2D eigenvalue weighted by atomic mass is 16.7. The predicted molar refractivity (Wildman–Crippen MR) is 378 cm³/mol. The molecule has 2 aliphatic rings. The van der Waals surface area contributed by atoms with Crippen LogP contribution < -0.4 is 5.32 Å². The van der Waals surface area contributed by atoms with Crippen molar-refractivity contribution in [3.63, 3.8) is 0 Å². The molecule has 0 radical (unpaired) electrons. The number of rotatable bonds is 65. The lowest BCUT2D eigenvalue weighted by molar-refractivity contribution is -0.359. The molecule has 0 saturated carbocycles. The molecule has 92 heavy (non-hydrogen) atoms. The van der Waals surface area contributed by atoms with Gasteiger partial charge in [0.2, 0.25) is 5.91 Å². The van der Waals surface area contributed by atoms with Crippen molar-refractivity contribution in [1.82, 2.24) is 5.32 Å². The van der Waals surface area contributed by atoms with Crippen LogP contribution in [0.15, 0.2) is 48.6 Å². The first-order valence-corrected chi connectivity index (χ1v) is 38.9. The Morgan fingerprint density at radius 3 is 1.07 bits per heavy atom. The molecule has 12 unspecified atom stereocenters. The Morgan fingerprint density at radius 1 is 0.380 bits per heavy atom. The van der Waals surface area contributed by atoms with Gasteiger partial charge in [0, 0.05) is 6.42 Å². The van der Waals surface area contributed by atoms with E-state index < -0.39 is 86.8 Å². The molecule has 540 valence electrons. The number of hydrogen-bond acceptors (Lipinski definition) is 13. The third-order valence-electron chi connectivity index (χ3n) is 19.0. The Balaban J connectivity index is 1.64. The molecule has 1 amide bonds. The van der Waals surface area contributed by atoms with Crippen LogP contribution in [0.2, 0.25) is 0 Å². The highest BCUT2D eigenvalue weighted by Gasteiger charge is 2.51. The summed E-state index contributed by atoms with van der Waals surface area (Å²) in [7, 11) is 0. The zero-order valence-electron chi connectivity index (χ0n) is 59.1. The molecule has 12 atom stereocenters. The first-order valence-electron chi connectivity index (χ1n) is 38.9. The highest BCUT2D eigenvalue weighted by Crippen LogP contribution is 2.30. The largest absolute Gasteiger partial charge is 0.394 e. The summed E-state index contributed by atoms with van der Waals surface area (Å²) in [6.07, 6.45) is 66.2. The molecule has 2 fully saturated rings. The number of amides is 1. The van der Waals surface area contributed by atoms with Crippen LogP contribution in [0.25, 0.3) is 0 Å². The van der Waals surface area contributed by atoms with Gasteiger partial charge in [-0.2, -0.15) is 0 Å². The number of ether oxygens (including phenoxy) is 4. The lowest BCUT2D eigenvalue weighted by Gasteiger charge is -2.46. The minimum absolute atomic E-state index is 0.247. The van der Waals surface area contributed by atoms with E-state index in [1.54, 1.807) is 6.08 Å². The van der Waals surface area contributed by atoms with E-state index in [2.05, 4.69) is 55.6 Å². The van der Waals surface area contributed by atoms with E-state index in [-0.39, 0.29) is 18.9 Å². The quantitative estimate of drug-likeness (QED) is 0.0204. The van der Waals surface area contributed by atoms with Crippen molar-refractivity contribution in [1.29, 1.82) is 0 Å². The van der Waals surface area contributed by atoms with Gasteiger partial charge in [0.1, 0.15) is 48.8 Å². The Kier molecular flexibility index (Phi) is 58.4. The van der Waals surface area contributed by atoms with Gasteiger partial charge in [-0.05, 0) is 70.6 Å². The van der Waals surface area contributed by atoms with Crippen LogP contribution >= 0.6 is 0 Å². The molecule has 0 aromatic carbocycles. The van der Waals surface area contributed by atoms with Crippen molar-refractivity contribution in [3.8, 4) is 0 Å². The van der Waals surface area contributed by atoms with Crippen LogP contribution in [0.4, 0.5) is 0 Å². The average molecular weight is 1310 g/mol. The van der Waals surface area contributed by atoms with Gasteiger partial charge < -0.3 is 65.1 Å². The van der Waals surface area contributed by atoms with Crippen molar-refractivity contribution in [2.75, 3.05) is 19.8 Å². The fourth-order valence-electron chi connectivity index (χ4n) is 12.8. The molecular weight excluding hydrogens is 1160 g/mol. The van der Waals surface area contributed by atoms with Crippen molar-refractivity contribution in [2.24, 2.45) is 0 Å². The van der Waals surface area contributed by atoms with Crippen molar-refractivity contribution >= 4 is 5.91 Å². The Bertz CT molecular complexity index is 1730. The van der Waals surface area contributed by atoms with Gasteiger partial charge in [-0.3, -0.25) is 4.79 Å². The minimum Gasteiger partial charge on any atom is -0.394 e. The molecule has 0 aliphatic carbocycles. The summed E-state index contributed by atoms with van der Waals surface area (Å²) in [5.41, 5.74) is 0. The van der Waals surface area contributed by atoms with Crippen LogP contribution in [0.1, 0.15) is 348 Å². The summed E-state index contributed by atoms with van der Waals surface area (Å²) in [5, 5.41) is 87.6. The summed E-state index contributed by atoms with van der Waals surface area (Å²) in [6.45, 7) is 2.83. The maximum atomic E-state index is 13.4. The summed E-state index contributed by atoms with van der Waals surface area (Å²) >= 11 is 0. The zero-order chi connectivity index (χ0) is 66.6. The fourth-order valence-corrected chi connectivity index (χ4v) is 12.8. The number of unbranched alkanes of at least 4 members (excludes halogenated alkanes) is 46. The number of nitrogens with one attached hydrogen (secondary N) is 1. The second kappa shape index (κ2) is 62.5. The number of carbonyl (C=O) groups is 1. The van der Waals surface area contributed by atoms with E-state index in [1.807, 2.05) is 6.08 Å². The first kappa shape index (κ1) is 86.0. The predicted octanol–water partition coefficient (Wildman–Crippen LogP) is 17.0. The molecule has 14 heteroatoms. The molecular formula is C78H145NO13. The Labute approximate surface area is 563 Å². The Hall–Kier alpha value is -2.05. The van der Waals surface area contributed by atoms with E-state index in [4.69, 9.17) is 18.9 Å². The molecule has 9 N–H and O–H groups in total. The van der Waals surface area contributed by atoms with Gasteiger partial charge in [0.05, 0.1) is 32.0 Å². The van der Waals surface area contributed by atoms with E-state index in [0.717, 1.165) is 44.9 Å². The standard InChI is InChI=1S/C78H145NO13/c1-3-5-7-9-11-13-15-17-19-21-23-25-27-29-30-31-32-33-34-35-36-38-40-42-44-46-48-50-52-54-56-58-60-62-70(83)79-66(65-89-77-75(88)73(86)76(69(64-81)91-77)92-78-74(87)72(85)71(84)68(63-80)90-78)67(82)61-59-57-55-53-51-49-47-45-43-41-39-37-28-26-24-22-20-18-16-14-12-10-8-6-4-2/h21,23,43,45,51,53,59,61,66-69,71-78,80-82,84-88H,3-20,22,24-42,44,46-50,52,54-58,60,62-65H2,1-2H3,(H,79,83)/b23-21-,45-43+,53-51+,61-59+. The first-order chi connectivity index (χ1) is 45.1. The molecule has 14 nitrogen and oxygen atoms in total. The average Bonchev–Trinajstić information content (AvgIpc) is 0.829. The lowest BCUT2D eigenvalue weighted by Crippen LogP contribution is -2.65. The van der Waals surface area contributed by atoms with Gasteiger partial charge in [0.25, 0.3) is 0 Å². The van der Waals surface area contributed by atoms with Gasteiger partial charge in [-0.1, -0.05) is 319 Å². The molecule has 2 rings (SSSR count). The van der Waals surface area contributed by atoms with E-state index >= 15 is 0 Å². The second-order valence-electron chi connectivity index (χ2n) is 27.5. The van der Waals surface area contributed by atoms with Crippen LogP contribution in [-0.4, -0.2) is 140 Å². The maximum Gasteiger partial charge on any atom is 0.220 e. The smallest absolute Gasteiger partial charge is 0.220 e. The second-order valence-corrected chi connectivity index (χ2v) is 27.5. The topological polar surface area (TPSA) is 228 Å². The molecule has 0 aromatic heterocycles. The number of carbonyl (C=O) groups excluding carboxylic acids is 1. The lowest BCUT2D eigenvalue weighted by atomic mass is 9.97. The van der Waals surface area contributed by atoms with E-state index in [9.17, 15) is 45.6 Å². The van der Waals surface area contributed by atoms with Crippen LogP contribution in [0.5, 0.6) is 0 Å². The van der Waals surface area contributed by atoms with Gasteiger partial charge in [0.15, 0.2) is 12.6 Å². The molecule has 0 bridgehead atoms. The van der Waals surface area contributed by atoms with Crippen LogP contribution in [0, 0.1) is 0 Å². The summed E-state index contributed by atoms with van der Waals surface area (Å²) in [4.78, 5) is 13.4. The number of aliphatic hydroxyl groups excluding tert-OH is 8. The number of aliphatic hydroxyl groups is 8. The molecule has 2 heterocycles. The summed E-state index contributed by atoms with van der Waals surface area (Å²) in [5.74, 6) is -0.247. The van der Waals surface area contributed by atoms with E-state index in [1.165, 1.54) is 270 Å². The van der Waals surface area contributed by atoms with Crippen molar-refractivity contribution in [3.05, 3.63) is 48.6 Å². The minimum atomic E-state index is -1.79. The Morgan fingerprint density at radius 2 is 0.696 bits per heavy atom. The number of hydrogen-bond donors (Lipinski definition) is 9. The SMILES string of the molecule is CCCCCCCCCC/C=C\CCCCCCCCCCCCCCCCCCCCCCCC(=O)NC(COC1OC(CO)C(OC2OC(CO)C(O)C(O)C2O)C(O)C1O)C(O)/C=C/CC/C=C/CC/C=C/CCCCCCCCCCCCCCCCC. The van der Waals surface area contributed by atoms with Crippen molar-refractivity contribution < 1.29 is 64.6 Å². The van der Waals surface area contributed by atoms with E-state index in [0.29, 0.717) is 12.8 Å². The molecule has 0 aromatic rings. The van der Waals surface area contributed by atoms with Gasteiger partial charge >= 0.3 is 0 Å². The normalized spacial score (nSPS) is 22.9. The summed E-state index contributed by atoms with van der Waals surface area (Å²) in [6, 6.07) is -0.939. The number of allylic oxidation sites excluding steroid dienone is 7. The van der Waals surface area contributed by atoms with Gasteiger partial charge in [-0.15, -0.1) is 0 Å². The molecule has 2 aliphatic heterocycles. The van der Waals surface area contributed by atoms with Crippen LogP contribution in [0.3, 0.4) is 0 Å². The van der Waals surface area contributed by atoms with Gasteiger partial charge in [-0.25, -0.2) is 0 Å². The third-order valence-corrected chi connectivity index (χ3v) is 19.0. The molecule has 0 spiro atoms. The summed E-state index contributed by atoms with van der Waals surface area (Å²) < 4.78 is 22.9. The zero-order valence-corrected chi connectivity index (χ0v) is 59.1. The van der Waals surface area contributed by atoms with Crippen LogP contribution in [-0.2, 0) is 23.7 Å². The maximum absolute atomic E-state index is 13.4. The molecule has 2 saturated heterocycles. The third kappa shape index (κ3) is 45.5. The monoisotopic (exact) mass is 1300 g/mol.